The van der Waals surface area contributed by atoms with Crippen molar-refractivity contribution in [1.82, 2.24) is 0 Å². The Kier molecular flexibility index (Phi) is 5.55. The minimum Gasteiger partial charge on any atom is -0.457 e. The molecule has 1 fully saturated rings. The van der Waals surface area contributed by atoms with Crippen LogP contribution in [0.25, 0.3) is 0 Å². The van der Waals surface area contributed by atoms with E-state index in [4.69, 9.17) is 13.9 Å². The summed E-state index contributed by atoms with van der Waals surface area (Å²) < 4.78 is 16.4. The molecule has 0 aliphatic carbocycles. The van der Waals surface area contributed by atoms with Crippen molar-refractivity contribution >= 4 is 14.3 Å². The first-order valence-corrected chi connectivity index (χ1v) is 9.77. The van der Waals surface area contributed by atoms with Crippen LogP contribution in [-0.4, -0.2) is 51.4 Å². The first-order valence-electron chi connectivity index (χ1n) is 6.78. The monoisotopic (exact) mass is 290 g/mol. The zero-order chi connectivity index (χ0) is 14.7. The number of esters is 1. The van der Waals surface area contributed by atoms with Gasteiger partial charge in [-0.15, -0.1) is 0 Å². The quantitative estimate of drug-likeness (QED) is 0.571. The second-order valence-corrected chi connectivity index (χ2v) is 10.3. The number of hydrogen-bond acceptors (Lipinski definition) is 5. The molecule has 0 aromatic rings. The van der Waals surface area contributed by atoms with E-state index in [2.05, 4.69) is 0 Å². The van der Waals surface area contributed by atoms with Crippen LogP contribution < -0.4 is 0 Å². The van der Waals surface area contributed by atoms with Gasteiger partial charge in [0.05, 0.1) is 13.0 Å². The smallest absolute Gasteiger partial charge is 0.306 e. The predicted molar refractivity (Wildman–Crippen MR) is 74.5 cm³/mol. The summed E-state index contributed by atoms with van der Waals surface area (Å²) >= 11 is 0. The van der Waals surface area contributed by atoms with E-state index in [0.29, 0.717) is 6.61 Å². The fraction of sp³-hybridized carbons (Fsp3) is 0.923. The predicted octanol–water partition coefficient (Wildman–Crippen LogP) is 1.70. The molecule has 6 heteroatoms. The molecule has 19 heavy (non-hydrogen) atoms. The lowest BCUT2D eigenvalue weighted by molar-refractivity contribution is -0.244. The van der Waals surface area contributed by atoms with Crippen LogP contribution in [-0.2, 0) is 18.7 Å². The van der Waals surface area contributed by atoms with Crippen molar-refractivity contribution in [3.05, 3.63) is 0 Å². The zero-order valence-electron chi connectivity index (χ0n) is 12.6. The Labute approximate surface area is 116 Å². The van der Waals surface area contributed by atoms with Crippen molar-refractivity contribution in [2.75, 3.05) is 20.3 Å². The van der Waals surface area contributed by atoms with Gasteiger partial charge in [0.1, 0.15) is 5.60 Å². The molecular formula is C13H26O5Si. The molecule has 0 aromatic heterocycles. The molecule has 1 aliphatic heterocycles. The van der Waals surface area contributed by atoms with Crippen molar-refractivity contribution in [2.24, 2.45) is 0 Å². The molecule has 1 heterocycles. The van der Waals surface area contributed by atoms with E-state index in [0.717, 1.165) is 6.42 Å². The van der Waals surface area contributed by atoms with E-state index in [1.807, 2.05) is 26.9 Å². The van der Waals surface area contributed by atoms with Gasteiger partial charge in [-0.2, -0.15) is 0 Å². The number of carbonyl (C=O) groups excluding carboxylic acids is 1. The van der Waals surface area contributed by atoms with Crippen LogP contribution in [0, 0.1) is 0 Å². The Morgan fingerprint density at radius 3 is 2.58 bits per heavy atom. The fourth-order valence-corrected chi connectivity index (χ4v) is 3.46. The van der Waals surface area contributed by atoms with Gasteiger partial charge in [-0.25, -0.2) is 0 Å². The van der Waals surface area contributed by atoms with E-state index in [1.165, 1.54) is 0 Å². The fourth-order valence-electron chi connectivity index (χ4n) is 2.03. The molecule has 0 saturated carbocycles. The summed E-state index contributed by atoms with van der Waals surface area (Å²) in [6, 6.07) is 0. The summed E-state index contributed by atoms with van der Waals surface area (Å²) in [7, 11) is -0.406. The first-order chi connectivity index (χ1) is 8.79. The Morgan fingerprint density at radius 2 is 2.21 bits per heavy atom. The van der Waals surface area contributed by atoms with E-state index >= 15 is 0 Å². The van der Waals surface area contributed by atoms with Gasteiger partial charge in [0, 0.05) is 19.3 Å². The molecule has 1 N–H and O–H groups in total. The van der Waals surface area contributed by atoms with Gasteiger partial charge >= 0.3 is 5.97 Å². The second-order valence-electron chi connectivity index (χ2n) is 5.85. The van der Waals surface area contributed by atoms with Crippen molar-refractivity contribution in [3.63, 3.8) is 0 Å². The molecule has 1 aliphatic rings. The largest absolute Gasteiger partial charge is 0.457 e. The van der Waals surface area contributed by atoms with Crippen LogP contribution in [0.1, 0.15) is 26.7 Å². The number of carbonyl (C=O) groups is 1. The molecule has 0 aromatic carbocycles. The molecule has 0 radical (unpaired) electrons. The maximum Gasteiger partial charge on any atom is 0.306 e. The molecule has 0 spiro atoms. The summed E-state index contributed by atoms with van der Waals surface area (Å²) in [5, 5.41) is 9.42. The number of rotatable bonds is 7. The molecule has 3 unspecified atom stereocenters. The van der Waals surface area contributed by atoms with Crippen LogP contribution in [0.4, 0.5) is 0 Å². The van der Waals surface area contributed by atoms with Crippen LogP contribution in [0.2, 0.25) is 18.6 Å². The standard InChI is InChI=1S/C13H26O5Si/c1-6-13(2)11(9-17-13)18-12(15)7-10(8-14)19(4,5)16-3/h10-11,14H,6-9H2,1-5H3. The third-order valence-corrected chi connectivity index (χ3v) is 7.77. The summed E-state index contributed by atoms with van der Waals surface area (Å²) in [6.07, 6.45) is 0.851. The number of aliphatic hydroxyl groups is 1. The van der Waals surface area contributed by atoms with E-state index in [1.54, 1.807) is 7.11 Å². The highest BCUT2D eigenvalue weighted by Gasteiger charge is 2.46. The van der Waals surface area contributed by atoms with E-state index in [-0.39, 0.29) is 36.2 Å². The van der Waals surface area contributed by atoms with Crippen LogP contribution >= 0.6 is 0 Å². The Balaban J connectivity index is 2.51. The Bertz CT molecular complexity index is 316. The lowest BCUT2D eigenvalue weighted by atomic mass is 9.91. The average molecular weight is 290 g/mol. The first kappa shape index (κ1) is 16.6. The average Bonchev–Trinajstić information content (AvgIpc) is 2.39. The molecule has 1 rings (SSSR count). The molecule has 112 valence electrons. The van der Waals surface area contributed by atoms with Crippen molar-refractivity contribution in [3.8, 4) is 0 Å². The van der Waals surface area contributed by atoms with Crippen LogP contribution in [0.15, 0.2) is 0 Å². The van der Waals surface area contributed by atoms with E-state index in [9.17, 15) is 9.90 Å². The second kappa shape index (κ2) is 6.34. The topological polar surface area (TPSA) is 65.0 Å². The van der Waals surface area contributed by atoms with Gasteiger partial charge in [-0.05, 0) is 26.4 Å². The minimum absolute atomic E-state index is 0.0472. The lowest BCUT2D eigenvalue weighted by Crippen LogP contribution is -2.57. The summed E-state index contributed by atoms with van der Waals surface area (Å²) in [5.41, 5.74) is -0.489. The SMILES string of the molecule is CCC1(C)OCC1OC(=O)CC(CO)[Si](C)(C)OC. The van der Waals surface area contributed by atoms with Crippen molar-refractivity contribution in [2.45, 2.75) is 57.0 Å². The van der Waals surface area contributed by atoms with E-state index < -0.39 is 8.32 Å². The Morgan fingerprint density at radius 1 is 1.58 bits per heavy atom. The Hall–Kier alpha value is -0.433. The minimum atomic E-state index is -2.04. The zero-order valence-corrected chi connectivity index (χ0v) is 13.6. The van der Waals surface area contributed by atoms with Crippen molar-refractivity contribution in [1.29, 1.82) is 0 Å². The maximum atomic E-state index is 12.0. The highest BCUT2D eigenvalue weighted by molar-refractivity contribution is 6.72. The molecular weight excluding hydrogens is 264 g/mol. The molecule has 1 saturated heterocycles. The van der Waals surface area contributed by atoms with Crippen LogP contribution in [0.3, 0.4) is 0 Å². The van der Waals surface area contributed by atoms with Gasteiger partial charge in [-0.3, -0.25) is 4.79 Å². The van der Waals surface area contributed by atoms with Gasteiger partial charge in [0.15, 0.2) is 14.4 Å². The molecule has 3 atom stereocenters. The lowest BCUT2D eigenvalue weighted by Gasteiger charge is -2.45. The highest BCUT2D eigenvalue weighted by atomic mass is 28.4. The van der Waals surface area contributed by atoms with Crippen molar-refractivity contribution < 1.29 is 23.8 Å². The molecule has 0 bridgehead atoms. The van der Waals surface area contributed by atoms with Gasteiger partial charge < -0.3 is 19.0 Å². The third-order valence-electron chi connectivity index (χ3n) is 4.36. The summed E-state index contributed by atoms with van der Waals surface area (Å²) in [5.74, 6) is -0.273. The molecule has 5 nitrogen and oxygen atoms in total. The summed E-state index contributed by atoms with van der Waals surface area (Å²) in [6.45, 7) is 8.36. The third kappa shape index (κ3) is 3.78. The number of aliphatic hydroxyl groups excluding tert-OH is 1. The number of hydrogen-bond donors (Lipinski definition) is 1. The van der Waals surface area contributed by atoms with Gasteiger partial charge in [0.2, 0.25) is 0 Å². The normalized spacial score (nSPS) is 28.6. The van der Waals surface area contributed by atoms with Crippen LogP contribution in [0.5, 0.6) is 0 Å². The van der Waals surface area contributed by atoms with Gasteiger partial charge in [0.25, 0.3) is 0 Å². The molecule has 0 amide bonds. The maximum absolute atomic E-state index is 12.0. The number of ether oxygens (including phenoxy) is 2. The van der Waals surface area contributed by atoms with Gasteiger partial charge in [-0.1, -0.05) is 6.92 Å². The highest BCUT2D eigenvalue weighted by Crippen LogP contribution is 2.33. The summed E-state index contributed by atoms with van der Waals surface area (Å²) in [4.78, 5) is 12.0.